The molecule has 13 heavy (non-hydrogen) atoms. The van der Waals surface area contributed by atoms with Gasteiger partial charge in [-0.2, -0.15) is 5.26 Å². The summed E-state index contributed by atoms with van der Waals surface area (Å²) in [6.45, 7) is 5.25. The van der Waals surface area contributed by atoms with Crippen LogP contribution in [-0.4, -0.2) is 6.54 Å². The first-order valence-electron chi connectivity index (χ1n) is 3.74. The summed E-state index contributed by atoms with van der Waals surface area (Å²) in [7, 11) is 0. The number of nitriles is 1. The Morgan fingerprint density at radius 2 is 2.54 bits per heavy atom. The van der Waals surface area contributed by atoms with Crippen LogP contribution in [0.2, 0.25) is 0 Å². The van der Waals surface area contributed by atoms with Crippen molar-refractivity contribution >= 4 is 27.3 Å². The van der Waals surface area contributed by atoms with Crippen molar-refractivity contribution in [3.8, 4) is 6.07 Å². The number of hydrogen-bond acceptors (Lipinski definition) is 3. The minimum absolute atomic E-state index is 0.736. The van der Waals surface area contributed by atoms with Crippen molar-refractivity contribution in [2.24, 2.45) is 0 Å². The van der Waals surface area contributed by atoms with Crippen LogP contribution >= 0.6 is 27.3 Å². The predicted octanol–water partition coefficient (Wildman–Crippen LogP) is 2.62. The van der Waals surface area contributed by atoms with Crippen LogP contribution < -0.4 is 5.32 Å². The standard InChI is InChI=1S/C9H9BrN2S/c1-7(10)4-12-5-9-2-8(3-11)6-13-9/h2,6,12H,1,4-5H2. The van der Waals surface area contributed by atoms with E-state index in [-0.39, 0.29) is 0 Å². The maximum absolute atomic E-state index is 8.58. The van der Waals surface area contributed by atoms with Gasteiger partial charge in [-0.05, 0) is 6.07 Å². The summed E-state index contributed by atoms with van der Waals surface area (Å²) in [5.41, 5.74) is 0.736. The summed E-state index contributed by atoms with van der Waals surface area (Å²) >= 11 is 4.86. The summed E-state index contributed by atoms with van der Waals surface area (Å²) in [5.74, 6) is 0. The van der Waals surface area contributed by atoms with Gasteiger partial charge in [-0.25, -0.2) is 0 Å². The van der Waals surface area contributed by atoms with E-state index in [4.69, 9.17) is 5.26 Å². The quantitative estimate of drug-likeness (QED) is 0.899. The monoisotopic (exact) mass is 256 g/mol. The third-order valence-corrected chi connectivity index (χ3v) is 2.62. The zero-order valence-corrected chi connectivity index (χ0v) is 9.41. The summed E-state index contributed by atoms with van der Waals surface area (Å²) < 4.78 is 0.935. The molecule has 4 heteroatoms. The van der Waals surface area contributed by atoms with E-state index in [0.29, 0.717) is 0 Å². The number of hydrogen-bond donors (Lipinski definition) is 1. The van der Waals surface area contributed by atoms with Crippen LogP contribution in [0.25, 0.3) is 0 Å². The molecule has 0 aliphatic rings. The third-order valence-electron chi connectivity index (χ3n) is 1.40. The van der Waals surface area contributed by atoms with Crippen molar-refractivity contribution in [1.82, 2.24) is 5.32 Å². The normalized spacial score (nSPS) is 9.54. The maximum atomic E-state index is 8.58. The molecule has 1 aromatic heterocycles. The summed E-state index contributed by atoms with van der Waals surface area (Å²) in [6, 6.07) is 4.00. The van der Waals surface area contributed by atoms with Crippen molar-refractivity contribution < 1.29 is 0 Å². The molecule has 0 aliphatic carbocycles. The van der Waals surface area contributed by atoms with E-state index in [0.717, 1.165) is 23.1 Å². The van der Waals surface area contributed by atoms with Gasteiger partial charge < -0.3 is 5.32 Å². The molecule has 0 aliphatic heterocycles. The first-order chi connectivity index (χ1) is 6.22. The molecule has 1 rings (SSSR count). The Bertz CT molecular complexity index is 338. The lowest BCUT2D eigenvalue weighted by molar-refractivity contribution is 0.767. The highest BCUT2D eigenvalue weighted by Crippen LogP contribution is 2.13. The fourth-order valence-electron chi connectivity index (χ4n) is 0.853. The zero-order chi connectivity index (χ0) is 9.68. The zero-order valence-electron chi connectivity index (χ0n) is 7.01. The van der Waals surface area contributed by atoms with Crippen molar-refractivity contribution in [2.45, 2.75) is 6.54 Å². The van der Waals surface area contributed by atoms with Crippen molar-refractivity contribution in [3.05, 3.63) is 32.9 Å². The largest absolute Gasteiger partial charge is 0.307 e. The first-order valence-corrected chi connectivity index (χ1v) is 5.41. The molecule has 0 amide bonds. The van der Waals surface area contributed by atoms with Gasteiger partial charge in [-0.1, -0.05) is 22.5 Å². The van der Waals surface area contributed by atoms with Crippen LogP contribution in [-0.2, 0) is 6.54 Å². The van der Waals surface area contributed by atoms with Gasteiger partial charge in [-0.15, -0.1) is 11.3 Å². The molecule has 0 aromatic carbocycles. The lowest BCUT2D eigenvalue weighted by atomic mass is 10.3. The van der Waals surface area contributed by atoms with E-state index in [1.54, 1.807) is 11.3 Å². The molecular formula is C9H9BrN2S. The van der Waals surface area contributed by atoms with Crippen LogP contribution in [0.4, 0.5) is 0 Å². The number of nitrogens with zero attached hydrogens (tertiary/aromatic N) is 1. The number of halogens is 1. The molecule has 2 nitrogen and oxygen atoms in total. The van der Waals surface area contributed by atoms with Gasteiger partial charge in [0.25, 0.3) is 0 Å². The summed E-state index contributed by atoms with van der Waals surface area (Å²) in [5, 5.41) is 13.6. The molecule has 1 heterocycles. The lowest BCUT2D eigenvalue weighted by Crippen LogP contribution is -2.13. The molecule has 0 radical (unpaired) electrons. The summed E-state index contributed by atoms with van der Waals surface area (Å²) in [6.07, 6.45) is 0. The maximum Gasteiger partial charge on any atom is 0.100 e. The molecule has 1 N–H and O–H groups in total. The van der Waals surface area contributed by atoms with Crippen molar-refractivity contribution in [3.63, 3.8) is 0 Å². The van der Waals surface area contributed by atoms with Crippen LogP contribution in [0, 0.1) is 11.3 Å². The van der Waals surface area contributed by atoms with Crippen LogP contribution in [0.3, 0.4) is 0 Å². The summed E-state index contributed by atoms with van der Waals surface area (Å²) in [4.78, 5) is 1.17. The highest BCUT2D eigenvalue weighted by atomic mass is 79.9. The molecule has 0 saturated carbocycles. The van der Waals surface area contributed by atoms with E-state index in [2.05, 4.69) is 33.9 Å². The first kappa shape index (κ1) is 10.5. The fourth-order valence-corrected chi connectivity index (χ4v) is 1.83. The Balaban J connectivity index is 2.38. The van der Waals surface area contributed by atoms with Gasteiger partial charge in [0.2, 0.25) is 0 Å². The van der Waals surface area contributed by atoms with E-state index in [1.165, 1.54) is 4.88 Å². The smallest absolute Gasteiger partial charge is 0.100 e. The number of nitrogens with one attached hydrogen (secondary N) is 1. The Kier molecular flexibility index (Phi) is 4.16. The van der Waals surface area contributed by atoms with Crippen molar-refractivity contribution in [2.75, 3.05) is 6.54 Å². The third kappa shape index (κ3) is 3.73. The van der Waals surface area contributed by atoms with Gasteiger partial charge >= 0.3 is 0 Å². The van der Waals surface area contributed by atoms with Gasteiger partial charge in [0.05, 0.1) is 5.56 Å². The van der Waals surface area contributed by atoms with Crippen LogP contribution in [0.15, 0.2) is 22.5 Å². The van der Waals surface area contributed by atoms with Gasteiger partial charge in [0, 0.05) is 27.8 Å². The lowest BCUT2D eigenvalue weighted by Gasteiger charge is -1.99. The van der Waals surface area contributed by atoms with Crippen LogP contribution in [0.5, 0.6) is 0 Å². The van der Waals surface area contributed by atoms with Gasteiger partial charge in [0.15, 0.2) is 0 Å². The highest BCUT2D eigenvalue weighted by molar-refractivity contribution is 9.11. The second-order valence-electron chi connectivity index (χ2n) is 2.53. The molecule has 0 bridgehead atoms. The van der Waals surface area contributed by atoms with E-state index < -0.39 is 0 Å². The van der Waals surface area contributed by atoms with Crippen molar-refractivity contribution in [1.29, 1.82) is 5.26 Å². The second kappa shape index (κ2) is 5.18. The molecule has 0 unspecified atom stereocenters. The molecule has 0 fully saturated rings. The van der Waals surface area contributed by atoms with E-state index in [1.807, 2.05) is 11.4 Å². The Hall–Kier alpha value is -0.630. The second-order valence-corrected chi connectivity index (χ2v) is 4.65. The highest BCUT2D eigenvalue weighted by Gasteiger charge is 1.97. The minimum atomic E-state index is 0.736. The van der Waals surface area contributed by atoms with Crippen LogP contribution in [0.1, 0.15) is 10.4 Å². The Morgan fingerprint density at radius 3 is 3.08 bits per heavy atom. The molecule has 1 aromatic rings. The van der Waals surface area contributed by atoms with Gasteiger partial charge in [-0.3, -0.25) is 0 Å². The minimum Gasteiger partial charge on any atom is -0.307 e. The molecule has 68 valence electrons. The number of thiophene rings is 1. The molecular weight excluding hydrogens is 248 g/mol. The topological polar surface area (TPSA) is 35.8 Å². The Morgan fingerprint density at radius 1 is 1.77 bits per heavy atom. The van der Waals surface area contributed by atoms with E-state index >= 15 is 0 Å². The number of rotatable bonds is 4. The van der Waals surface area contributed by atoms with Gasteiger partial charge in [0.1, 0.15) is 6.07 Å². The van der Waals surface area contributed by atoms with E-state index in [9.17, 15) is 0 Å². The fraction of sp³-hybridized carbons (Fsp3) is 0.222. The molecule has 0 atom stereocenters. The SMILES string of the molecule is C=C(Br)CNCc1cc(C#N)cs1. The Labute approximate surface area is 90.0 Å². The average molecular weight is 257 g/mol. The average Bonchev–Trinajstić information content (AvgIpc) is 2.52. The molecule has 0 spiro atoms. The molecule has 0 saturated heterocycles. The predicted molar refractivity (Wildman–Crippen MR) is 58.8 cm³/mol.